The number of benzene rings is 4. The van der Waals surface area contributed by atoms with Crippen LogP contribution in [-0.2, 0) is 16.0 Å². The van der Waals surface area contributed by atoms with E-state index in [1.807, 2.05) is 12.1 Å². The Balaban J connectivity index is 0.00000272. The number of halogens is 1. The normalized spacial score (nSPS) is 11.5. The number of rotatable bonds is 6. The first kappa shape index (κ1) is 23.4. The van der Waals surface area contributed by atoms with Gasteiger partial charge in [0.25, 0.3) is 0 Å². The van der Waals surface area contributed by atoms with Gasteiger partial charge in [-0.1, -0.05) is 66.7 Å². The zero-order chi connectivity index (χ0) is 21.0. The lowest BCUT2D eigenvalue weighted by atomic mass is 10.2. The first-order valence-corrected chi connectivity index (χ1v) is 13.7. The maximum Gasteiger partial charge on any atom is 0.175 e. The fourth-order valence-electron chi connectivity index (χ4n) is 3.88. The van der Waals surface area contributed by atoms with Crippen LogP contribution >= 0.6 is 7.26 Å². The van der Waals surface area contributed by atoms with Gasteiger partial charge in [0, 0.05) is 6.26 Å². The van der Waals surface area contributed by atoms with Crippen LogP contribution in [0.2, 0.25) is 0 Å². The van der Waals surface area contributed by atoms with Crippen molar-refractivity contribution in [1.82, 2.24) is 0 Å². The fourth-order valence-corrected chi connectivity index (χ4v) is 8.76. The average Bonchev–Trinajstić information content (AvgIpc) is 2.79. The first-order valence-electron chi connectivity index (χ1n) is 9.84. The van der Waals surface area contributed by atoms with Gasteiger partial charge in [0.1, 0.15) is 23.2 Å². The summed E-state index contributed by atoms with van der Waals surface area (Å²) in [5.41, 5.74) is 1.13. The molecule has 0 aliphatic heterocycles. The third kappa shape index (κ3) is 4.98. The van der Waals surface area contributed by atoms with E-state index < -0.39 is 17.1 Å². The van der Waals surface area contributed by atoms with Crippen molar-refractivity contribution in [1.29, 1.82) is 0 Å². The summed E-state index contributed by atoms with van der Waals surface area (Å²) in [7, 11) is -5.19. The largest absolute Gasteiger partial charge is 1.00 e. The van der Waals surface area contributed by atoms with E-state index in [2.05, 4.69) is 91.0 Å². The summed E-state index contributed by atoms with van der Waals surface area (Å²) in [5.74, 6) is 0. The number of sulfone groups is 1. The Kier molecular flexibility index (Phi) is 7.48. The maximum atomic E-state index is 11.9. The number of hydrogen-bond acceptors (Lipinski definition) is 2. The third-order valence-corrected chi connectivity index (χ3v) is 10.9. The summed E-state index contributed by atoms with van der Waals surface area (Å²) in [6, 6.07) is 39.4. The van der Waals surface area contributed by atoms with Crippen LogP contribution in [0.1, 0.15) is 5.56 Å². The molecule has 0 spiro atoms. The lowest BCUT2D eigenvalue weighted by Crippen LogP contribution is -3.00. The molecule has 2 nitrogen and oxygen atoms in total. The van der Waals surface area contributed by atoms with Crippen molar-refractivity contribution in [2.24, 2.45) is 0 Å². The average molecular weight is 511 g/mol. The van der Waals surface area contributed by atoms with Crippen LogP contribution in [0.25, 0.3) is 0 Å². The molecule has 0 atom stereocenters. The Morgan fingerprint density at radius 1 is 0.581 bits per heavy atom. The molecule has 0 aliphatic carbocycles. The van der Waals surface area contributed by atoms with Crippen LogP contribution in [-0.4, -0.2) is 14.7 Å². The first-order chi connectivity index (χ1) is 14.5. The lowest BCUT2D eigenvalue weighted by molar-refractivity contribution is -0.00000836. The summed E-state index contributed by atoms with van der Waals surface area (Å²) >= 11 is 0. The Morgan fingerprint density at radius 3 is 1.26 bits per heavy atom. The monoisotopic (exact) mass is 510 g/mol. The quantitative estimate of drug-likeness (QED) is 0.369. The molecule has 0 aromatic heterocycles. The van der Waals surface area contributed by atoms with Gasteiger partial charge in [-0.15, -0.1) is 0 Å². The highest BCUT2D eigenvalue weighted by Gasteiger charge is 2.45. The van der Waals surface area contributed by atoms with E-state index in [-0.39, 0.29) is 17.0 Å². The molecule has 4 rings (SSSR count). The molecule has 0 heterocycles. The predicted molar refractivity (Wildman–Crippen MR) is 128 cm³/mol. The standard InChI is InChI=1S/C26H24O2PS.BrH/c1-30(27,28)26-19-17-22(18-20-26)21-29(23-11-5-2-6-12-23,24-13-7-3-8-14-24)25-15-9-4-10-16-25;/h2-20H,21H2,1H3;1H/q+1;/p-1. The van der Waals surface area contributed by atoms with E-state index in [1.54, 1.807) is 12.1 Å². The van der Waals surface area contributed by atoms with Gasteiger partial charge in [-0.3, -0.25) is 0 Å². The van der Waals surface area contributed by atoms with E-state index >= 15 is 0 Å². The summed E-state index contributed by atoms with van der Waals surface area (Å²) < 4.78 is 23.8. The molecule has 0 aliphatic rings. The van der Waals surface area contributed by atoms with Gasteiger partial charge in [-0.2, -0.15) is 0 Å². The lowest BCUT2D eigenvalue weighted by Gasteiger charge is -2.28. The molecule has 0 amide bonds. The summed E-state index contributed by atoms with van der Waals surface area (Å²) in [6.07, 6.45) is 2.08. The van der Waals surface area contributed by atoms with Crippen LogP contribution < -0.4 is 32.9 Å². The van der Waals surface area contributed by atoms with Gasteiger partial charge in [0.2, 0.25) is 0 Å². The predicted octanol–water partition coefficient (Wildman–Crippen LogP) is 1.59. The zero-order valence-electron chi connectivity index (χ0n) is 17.2. The van der Waals surface area contributed by atoms with Crippen LogP contribution in [0.3, 0.4) is 0 Å². The van der Waals surface area contributed by atoms with Crippen LogP contribution in [0, 0.1) is 0 Å². The molecular formula is C26H24BrO2PS. The van der Waals surface area contributed by atoms with E-state index in [9.17, 15) is 8.42 Å². The summed E-state index contributed by atoms with van der Waals surface area (Å²) in [6.45, 7) is 0. The highest BCUT2D eigenvalue weighted by atomic mass is 79.9. The van der Waals surface area contributed by atoms with E-state index in [0.717, 1.165) is 11.7 Å². The molecule has 158 valence electrons. The van der Waals surface area contributed by atoms with E-state index in [0.29, 0.717) is 4.90 Å². The van der Waals surface area contributed by atoms with Crippen molar-refractivity contribution in [2.45, 2.75) is 11.1 Å². The Bertz CT molecular complexity index is 1110. The van der Waals surface area contributed by atoms with Gasteiger partial charge < -0.3 is 17.0 Å². The second kappa shape index (κ2) is 9.91. The zero-order valence-corrected chi connectivity index (χ0v) is 20.5. The molecule has 0 N–H and O–H groups in total. The smallest absolute Gasteiger partial charge is 0.175 e. The van der Waals surface area contributed by atoms with Crippen molar-refractivity contribution >= 4 is 33.0 Å². The van der Waals surface area contributed by atoms with Gasteiger partial charge in [-0.25, -0.2) is 8.42 Å². The Labute approximate surface area is 196 Å². The molecule has 0 unspecified atom stereocenters. The van der Waals surface area contributed by atoms with Crippen molar-refractivity contribution in [3.63, 3.8) is 0 Å². The van der Waals surface area contributed by atoms with Gasteiger partial charge in [-0.05, 0) is 54.1 Å². The minimum absolute atomic E-state index is 0. The van der Waals surface area contributed by atoms with E-state index in [1.165, 1.54) is 22.2 Å². The topological polar surface area (TPSA) is 34.1 Å². The van der Waals surface area contributed by atoms with Crippen molar-refractivity contribution < 1.29 is 25.4 Å². The highest BCUT2D eigenvalue weighted by Crippen LogP contribution is 2.58. The van der Waals surface area contributed by atoms with E-state index in [4.69, 9.17) is 0 Å². The highest BCUT2D eigenvalue weighted by molar-refractivity contribution is 7.95. The Hall–Kier alpha value is -2.26. The van der Waals surface area contributed by atoms with Crippen molar-refractivity contribution in [3.8, 4) is 0 Å². The van der Waals surface area contributed by atoms with Gasteiger partial charge >= 0.3 is 0 Å². The summed E-state index contributed by atoms with van der Waals surface area (Å²) in [4.78, 5) is 0.356. The molecular weight excluding hydrogens is 487 g/mol. The molecule has 0 saturated heterocycles. The molecule has 31 heavy (non-hydrogen) atoms. The molecule has 4 aromatic rings. The Morgan fingerprint density at radius 2 is 0.935 bits per heavy atom. The molecule has 0 fully saturated rings. The van der Waals surface area contributed by atoms with Crippen LogP contribution in [0.15, 0.2) is 120 Å². The minimum Gasteiger partial charge on any atom is -1.00 e. The maximum absolute atomic E-state index is 11.9. The minimum atomic E-state index is -3.21. The van der Waals surface area contributed by atoms with Crippen molar-refractivity contribution in [3.05, 3.63) is 121 Å². The molecule has 5 heteroatoms. The number of hydrogen-bond donors (Lipinski definition) is 0. The van der Waals surface area contributed by atoms with Gasteiger partial charge in [0.15, 0.2) is 9.84 Å². The fraction of sp³-hybridized carbons (Fsp3) is 0.0769. The molecule has 0 bridgehead atoms. The van der Waals surface area contributed by atoms with Gasteiger partial charge in [0.05, 0.1) is 11.1 Å². The molecule has 4 aromatic carbocycles. The SMILES string of the molecule is CS(=O)(=O)c1ccc(C[P+](c2ccccc2)(c2ccccc2)c2ccccc2)cc1.[Br-]. The summed E-state index contributed by atoms with van der Waals surface area (Å²) in [5, 5.41) is 3.94. The second-order valence-electron chi connectivity index (χ2n) is 7.39. The van der Waals surface area contributed by atoms with Crippen molar-refractivity contribution in [2.75, 3.05) is 6.26 Å². The van der Waals surface area contributed by atoms with Crippen LogP contribution in [0.4, 0.5) is 0 Å². The van der Waals surface area contributed by atoms with Crippen LogP contribution in [0.5, 0.6) is 0 Å². The second-order valence-corrected chi connectivity index (χ2v) is 12.9. The third-order valence-electron chi connectivity index (χ3n) is 5.36. The molecule has 0 radical (unpaired) electrons. The molecule has 0 saturated carbocycles.